The molecule has 0 amide bonds. The first kappa shape index (κ1) is 15.7. The van der Waals surface area contributed by atoms with Gasteiger partial charge in [-0.05, 0) is 30.9 Å². The summed E-state index contributed by atoms with van der Waals surface area (Å²) in [5.41, 5.74) is 1.90. The minimum absolute atomic E-state index is 0.0242. The van der Waals surface area contributed by atoms with Crippen LogP contribution >= 0.6 is 0 Å². The van der Waals surface area contributed by atoms with Gasteiger partial charge in [-0.1, -0.05) is 6.92 Å². The highest BCUT2D eigenvalue weighted by Crippen LogP contribution is 2.31. The van der Waals surface area contributed by atoms with E-state index in [9.17, 15) is 0 Å². The zero-order valence-corrected chi connectivity index (χ0v) is 13.0. The van der Waals surface area contributed by atoms with Gasteiger partial charge in [-0.3, -0.25) is 0 Å². The van der Waals surface area contributed by atoms with E-state index >= 15 is 0 Å². The monoisotopic (exact) mass is 296 g/mol. The van der Waals surface area contributed by atoms with Crippen molar-refractivity contribution in [1.29, 1.82) is 10.5 Å². The average Bonchev–Trinajstić information content (AvgIpc) is 2.56. The Bertz CT molecular complexity index is 615. The van der Waals surface area contributed by atoms with Crippen LogP contribution < -0.4 is 15.0 Å². The summed E-state index contributed by atoms with van der Waals surface area (Å²) < 4.78 is 5.41. The van der Waals surface area contributed by atoms with Crippen molar-refractivity contribution in [2.24, 2.45) is 5.92 Å². The molecule has 0 atom stereocenters. The number of nitriles is 2. The van der Waals surface area contributed by atoms with Gasteiger partial charge in [-0.2, -0.15) is 10.5 Å². The normalized spacial score (nSPS) is 14.6. The predicted octanol–water partition coefficient (Wildman–Crippen LogP) is 3.27. The second kappa shape index (κ2) is 7.38. The third-order valence-corrected chi connectivity index (χ3v) is 3.95. The molecule has 0 spiro atoms. The Hall–Kier alpha value is -2.66. The molecule has 1 fully saturated rings. The lowest BCUT2D eigenvalue weighted by Crippen LogP contribution is -2.32. The summed E-state index contributed by atoms with van der Waals surface area (Å²) in [6.45, 7) is 4.41. The van der Waals surface area contributed by atoms with Crippen LogP contribution in [0.5, 0.6) is 5.75 Å². The maximum Gasteiger partial charge on any atom is 0.145 e. The molecule has 1 aliphatic heterocycles. The molecule has 1 saturated heterocycles. The maximum atomic E-state index is 8.75. The SMILES string of the molecule is COc1cc(N2CCC(C)CC2)ccc1NC=C(C#N)C#N. The van der Waals surface area contributed by atoms with Gasteiger partial charge >= 0.3 is 0 Å². The predicted molar refractivity (Wildman–Crippen MR) is 86.5 cm³/mol. The number of allylic oxidation sites excluding steroid dienone is 1. The minimum Gasteiger partial charge on any atom is -0.494 e. The first-order valence-corrected chi connectivity index (χ1v) is 7.37. The second-order valence-corrected chi connectivity index (χ2v) is 5.48. The molecule has 1 heterocycles. The van der Waals surface area contributed by atoms with Gasteiger partial charge in [-0.15, -0.1) is 0 Å². The molecule has 5 heteroatoms. The van der Waals surface area contributed by atoms with Crippen LogP contribution in [0.4, 0.5) is 11.4 Å². The van der Waals surface area contributed by atoms with E-state index in [2.05, 4.69) is 17.1 Å². The first-order valence-electron chi connectivity index (χ1n) is 7.37. The third-order valence-electron chi connectivity index (χ3n) is 3.95. The van der Waals surface area contributed by atoms with Gasteiger partial charge in [0.05, 0.1) is 12.8 Å². The Morgan fingerprint density at radius 1 is 1.32 bits per heavy atom. The largest absolute Gasteiger partial charge is 0.494 e. The number of rotatable bonds is 4. The van der Waals surface area contributed by atoms with Crippen molar-refractivity contribution in [3.8, 4) is 17.9 Å². The van der Waals surface area contributed by atoms with E-state index < -0.39 is 0 Å². The van der Waals surface area contributed by atoms with Crippen molar-refractivity contribution in [1.82, 2.24) is 0 Å². The van der Waals surface area contributed by atoms with Crippen LogP contribution in [0.25, 0.3) is 0 Å². The highest BCUT2D eigenvalue weighted by Gasteiger charge is 2.17. The Morgan fingerprint density at radius 2 is 2.00 bits per heavy atom. The number of hydrogen-bond donors (Lipinski definition) is 1. The van der Waals surface area contributed by atoms with E-state index in [4.69, 9.17) is 15.3 Å². The van der Waals surface area contributed by atoms with Crippen molar-refractivity contribution >= 4 is 11.4 Å². The van der Waals surface area contributed by atoms with E-state index in [0.29, 0.717) is 5.75 Å². The highest BCUT2D eigenvalue weighted by molar-refractivity contribution is 5.66. The van der Waals surface area contributed by atoms with Crippen LogP contribution in [-0.4, -0.2) is 20.2 Å². The van der Waals surface area contributed by atoms with E-state index in [0.717, 1.165) is 30.4 Å². The van der Waals surface area contributed by atoms with Crippen molar-refractivity contribution in [3.05, 3.63) is 30.0 Å². The van der Waals surface area contributed by atoms with Crippen molar-refractivity contribution in [2.75, 3.05) is 30.4 Å². The lowest BCUT2D eigenvalue weighted by Gasteiger charge is -2.32. The molecule has 0 bridgehead atoms. The lowest BCUT2D eigenvalue weighted by molar-refractivity contribution is 0.415. The summed E-state index contributed by atoms with van der Waals surface area (Å²) >= 11 is 0. The topological polar surface area (TPSA) is 72.1 Å². The Morgan fingerprint density at radius 3 is 2.59 bits per heavy atom. The van der Waals surface area contributed by atoms with Crippen molar-refractivity contribution in [3.63, 3.8) is 0 Å². The smallest absolute Gasteiger partial charge is 0.145 e. The molecular weight excluding hydrogens is 276 g/mol. The van der Waals surface area contributed by atoms with Crippen molar-refractivity contribution < 1.29 is 4.74 Å². The molecule has 1 aliphatic rings. The van der Waals surface area contributed by atoms with Crippen LogP contribution in [0, 0.1) is 28.6 Å². The van der Waals surface area contributed by atoms with E-state index in [-0.39, 0.29) is 5.57 Å². The quantitative estimate of drug-likeness (QED) is 0.863. The summed E-state index contributed by atoms with van der Waals surface area (Å²) in [4.78, 5) is 2.36. The number of nitrogens with zero attached hydrogens (tertiary/aromatic N) is 3. The third kappa shape index (κ3) is 3.71. The molecule has 2 rings (SSSR count). The fourth-order valence-corrected chi connectivity index (χ4v) is 2.50. The average molecular weight is 296 g/mol. The van der Waals surface area contributed by atoms with E-state index in [1.165, 1.54) is 19.0 Å². The summed E-state index contributed by atoms with van der Waals surface area (Å²) in [7, 11) is 1.61. The summed E-state index contributed by atoms with van der Waals surface area (Å²) in [6, 6.07) is 9.57. The molecule has 1 aromatic carbocycles. The van der Waals surface area contributed by atoms with Crippen LogP contribution in [0.1, 0.15) is 19.8 Å². The van der Waals surface area contributed by atoms with E-state index in [1.807, 2.05) is 30.3 Å². The molecule has 1 N–H and O–H groups in total. The van der Waals surface area contributed by atoms with Gasteiger partial charge in [0.2, 0.25) is 0 Å². The van der Waals surface area contributed by atoms with Crippen LogP contribution in [0.3, 0.4) is 0 Å². The number of benzene rings is 1. The molecule has 0 unspecified atom stereocenters. The number of hydrogen-bond acceptors (Lipinski definition) is 5. The maximum absolute atomic E-state index is 8.75. The lowest BCUT2D eigenvalue weighted by atomic mass is 9.99. The molecular formula is C17H20N4O. The van der Waals surface area contributed by atoms with Crippen molar-refractivity contribution in [2.45, 2.75) is 19.8 Å². The summed E-state index contributed by atoms with van der Waals surface area (Å²) in [5.74, 6) is 1.49. The van der Waals surface area contributed by atoms with Crippen LogP contribution in [0.15, 0.2) is 30.0 Å². The Balaban J connectivity index is 2.16. The van der Waals surface area contributed by atoms with Crippen LogP contribution in [0.2, 0.25) is 0 Å². The second-order valence-electron chi connectivity index (χ2n) is 5.48. The molecule has 114 valence electrons. The highest BCUT2D eigenvalue weighted by atomic mass is 16.5. The number of piperidine rings is 1. The minimum atomic E-state index is 0.0242. The molecule has 5 nitrogen and oxygen atoms in total. The number of methoxy groups -OCH3 is 1. The van der Waals surface area contributed by atoms with Gasteiger partial charge in [0.15, 0.2) is 0 Å². The number of nitrogens with one attached hydrogen (secondary N) is 1. The fraction of sp³-hybridized carbons (Fsp3) is 0.412. The summed E-state index contributed by atoms with van der Waals surface area (Å²) in [6.07, 6.45) is 3.80. The molecule has 0 radical (unpaired) electrons. The van der Waals surface area contributed by atoms with Gasteiger partial charge in [0, 0.05) is 31.0 Å². The summed E-state index contributed by atoms with van der Waals surface area (Å²) in [5, 5.41) is 20.4. The molecule has 1 aromatic rings. The standard InChI is InChI=1S/C17H20N4O/c1-13-5-7-21(8-6-13)15-3-4-16(17(9-15)22-2)20-12-14(10-18)11-19/h3-4,9,12-13,20H,5-8H2,1-2H3. The van der Waals surface area contributed by atoms with Gasteiger partial charge < -0.3 is 15.0 Å². The van der Waals surface area contributed by atoms with Gasteiger partial charge in [0.25, 0.3) is 0 Å². The number of anilines is 2. The van der Waals surface area contributed by atoms with Gasteiger partial charge in [-0.25, -0.2) is 0 Å². The molecule has 22 heavy (non-hydrogen) atoms. The Labute approximate surface area is 131 Å². The molecule has 0 saturated carbocycles. The first-order chi connectivity index (χ1) is 10.7. The molecule has 0 aliphatic carbocycles. The number of ether oxygens (including phenoxy) is 1. The zero-order valence-electron chi connectivity index (χ0n) is 13.0. The molecule has 0 aromatic heterocycles. The van der Waals surface area contributed by atoms with Gasteiger partial charge in [0.1, 0.15) is 23.5 Å². The Kier molecular flexibility index (Phi) is 5.27. The van der Waals surface area contributed by atoms with Crippen LogP contribution in [-0.2, 0) is 0 Å². The zero-order chi connectivity index (χ0) is 15.9. The van der Waals surface area contributed by atoms with E-state index in [1.54, 1.807) is 7.11 Å². The fourth-order valence-electron chi connectivity index (χ4n) is 2.50.